The Kier molecular flexibility index (Phi) is 5.84. The Bertz CT molecular complexity index is 492. The minimum atomic E-state index is 0.669. The molecular formula is C17H28N4. The third-order valence-corrected chi connectivity index (χ3v) is 4.58. The highest BCUT2D eigenvalue weighted by Gasteiger charge is 2.13. The second kappa shape index (κ2) is 7.63. The van der Waals surface area contributed by atoms with Crippen molar-refractivity contribution in [1.29, 1.82) is 5.26 Å². The van der Waals surface area contributed by atoms with E-state index in [2.05, 4.69) is 30.1 Å². The van der Waals surface area contributed by atoms with Gasteiger partial charge >= 0.3 is 0 Å². The zero-order valence-electron chi connectivity index (χ0n) is 13.7. The first-order chi connectivity index (χ1) is 10.1. The van der Waals surface area contributed by atoms with E-state index in [-0.39, 0.29) is 0 Å². The Hall–Kier alpha value is -1.31. The number of piperidine rings is 1. The summed E-state index contributed by atoms with van der Waals surface area (Å²) in [6.07, 6.45) is 4.12. The second-order valence-corrected chi connectivity index (χ2v) is 6.41. The van der Waals surface area contributed by atoms with E-state index in [0.29, 0.717) is 5.92 Å². The van der Waals surface area contributed by atoms with Gasteiger partial charge in [-0.15, -0.1) is 0 Å². The molecule has 1 saturated heterocycles. The number of likely N-dealkylation sites (tertiary alicyclic amines) is 1. The van der Waals surface area contributed by atoms with Crippen LogP contribution in [0, 0.1) is 24.2 Å². The Morgan fingerprint density at radius 2 is 2.05 bits per heavy atom. The highest BCUT2D eigenvalue weighted by molar-refractivity contribution is 5.33. The van der Waals surface area contributed by atoms with Crippen molar-refractivity contribution < 1.29 is 0 Å². The minimum absolute atomic E-state index is 0.669. The highest BCUT2D eigenvalue weighted by Crippen LogP contribution is 2.14. The molecule has 0 aliphatic carbocycles. The lowest BCUT2D eigenvalue weighted by atomic mass is 10.1. The van der Waals surface area contributed by atoms with Gasteiger partial charge in [0.25, 0.3) is 0 Å². The van der Waals surface area contributed by atoms with E-state index >= 15 is 0 Å². The third kappa shape index (κ3) is 4.33. The number of hydrogen-bond acceptors (Lipinski definition) is 3. The van der Waals surface area contributed by atoms with Crippen LogP contribution in [0.1, 0.15) is 43.1 Å². The Balaban J connectivity index is 1.75. The van der Waals surface area contributed by atoms with Crippen molar-refractivity contribution in [3.8, 4) is 6.07 Å². The molecule has 0 amide bonds. The van der Waals surface area contributed by atoms with Gasteiger partial charge in [0.1, 0.15) is 11.8 Å². The van der Waals surface area contributed by atoms with Crippen LogP contribution in [0.2, 0.25) is 0 Å². The van der Waals surface area contributed by atoms with Gasteiger partial charge in [-0.1, -0.05) is 13.3 Å². The molecule has 0 spiro atoms. The van der Waals surface area contributed by atoms with E-state index in [4.69, 9.17) is 5.26 Å². The molecule has 0 aromatic carbocycles. The number of hydrogen-bond donors (Lipinski definition) is 1. The third-order valence-electron chi connectivity index (χ3n) is 4.58. The molecule has 1 unspecified atom stereocenters. The summed E-state index contributed by atoms with van der Waals surface area (Å²) in [5, 5.41) is 12.6. The lowest BCUT2D eigenvalue weighted by Gasteiger charge is -2.29. The van der Waals surface area contributed by atoms with Crippen molar-refractivity contribution in [3.63, 3.8) is 0 Å². The topological polar surface area (TPSA) is 44.0 Å². The lowest BCUT2D eigenvalue weighted by Crippen LogP contribution is -2.36. The number of nitriles is 1. The van der Waals surface area contributed by atoms with Gasteiger partial charge in [0.05, 0.1) is 0 Å². The largest absolute Gasteiger partial charge is 0.340 e. The van der Waals surface area contributed by atoms with Gasteiger partial charge < -0.3 is 14.8 Å². The molecule has 1 aliphatic rings. The Morgan fingerprint density at radius 1 is 1.33 bits per heavy atom. The maximum atomic E-state index is 9.06. The molecule has 2 rings (SSSR count). The van der Waals surface area contributed by atoms with Crippen molar-refractivity contribution in [2.45, 2.75) is 39.7 Å². The zero-order chi connectivity index (χ0) is 15.2. The average molecular weight is 288 g/mol. The lowest BCUT2D eigenvalue weighted by molar-refractivity contribution is 0.199. The summed E-state index contributed by atoms with van der Waals surface area (Å²) in [7, 11) is 1.95. The summed E-state index contributed by atoms with van der Waals surface area (Å²) in [4.78, 5) is 2.59. The van der Waals surface area contributed by atoms with Gasteiger partial charge in [0.15, 0.2) is 0 Å². The van der Waals surface area contributed by atoms with E-state index in [9.17, 15) is 0 Å². The number of rotatable bonds is 6. The predicted molar refractivity (Wildman–Crippen MR) is 86.0 cm³/mol. The molecule has 1 N–H and O–H groups in total. The average Bonchev–Trinajstić information content (AvgIpc) is 2.76. The van der Waals surface area contributed by atoms with E-state index in [1.54, 1.807) is 0 Å². The maximum Gasteiger partial charge on any atom is 0.120 e. The van der Waals surface area contributed by atoms with Crippen LogP contribution in [0.25, 0.3) is 0 Å². The minimum Gasteiger partial charge on any atom is -0.340 e. The quantitative estimate of drug-likeness (QED) is 0.874. The highest BCUT2D eigenvalue weighted by atomic mass is 15.1. The summed E-state index contributed by atoms with van der Waals surface area (Å²) < 4.78 is 1.97. The summed E-state index contributed by atoms with van der Waals surface area (Å²) in [5.41, 5.74) is 3.16. The fraction of sp³-hybridized carbons (Fsp3) is 0.706. The molecule has 21 heavy (non-hydrogen) atoms. The van der Waals surface area contributed by atoms with Crippen molar-refractivity contribution >= 4 is 0 Å². The van der Waals surface area contributed by atoms with Crippen molar-refractivity contribution in [3.05, 3.63) is 23.0 Å². The number of nitrogens with zero attached hydrogens (tertiary/aromatic N) is 3. The maximum absolute atomic E-state index is 9.06. The predicted octanol–water partition coefficient (Wildman–Crippen LogP) is 2.42. The van der Waals surface area contributed by atoms with Gasteiger partial charge in [-0.3, -0.25) is 0 Å². The van der Waals surface area contributed by atoms with Crippen LogP contribution in [0.15, 0.2) is 6.07 Å². The van der Waals surface area contributed by atoms with Crippen LogP contribution >= 0.6 is 0 Å². The van der Waals surface area contributed by atoms with E-state index in [1.807, 2.05) is 17.7 Å². The molecule has 1 aliphatic heterocycles. The normalized spacial score (nSPS) is 17.6. The molecule has 0 radical (unpaired) electrons. The van der Waals surface area contributed by atoms with Crippen molar-refractivity contribution in [1.82, 2.24) is 14.8 Å². The van der Waals surface area contributed by atoms with Gasteiger partial charge in [0.2, 0.25) is 0 Å². The molecule has 116 valence electrons. The molecule has 0 bridgehead atoms. The Morgan fingerprint density at radius 3 is 2.67 bits per heavy atom. The smallest absolute Gasteiger partial charge is 0.120 e. The number of nitrogens with one attached hydrogen (secondary N) is 1. The van der Waals surface area contributed by atoms with Crippen LogP contribution in [-0.2, 0) is 13.6 Å². The first-order valence-electron chi connectivity index (χ1n) is 8.10. The van der Waals surface area contributed by atoms with Crippen LogP contribution < -0.4 is 5.32 Å². The standard InChI is InChI=1S/C17H28N4/c1-14(13-21-7-5-4-6-8-21)11-19-12-16-9-17(10-18)20(3)15(16)2/h9,14,19H,4-8,11-13H2,1-3H3. The fourth-order valence-corrected chi connectivity index (χ4v) is 3.15. The van der Waals surface area contributed by atoms with Crippen molar-refractivity contribution in [2.24, 2.45) is 13.0 Å². The van der Waals surface area contributed by atoms with Crippen molar-refractivity contribution in [2.75, 3.05) is 26.2 Å². The summed E-state index contributed by atoms with van der Waals surface area (Å²) in [5.74, 6) is 0.669. The molecular weight excluding hydrogens is 260 g/mol. The molecule has 4 nitrogen and oxygen atoms in total. The summed E-state index contributed by atoms with van der Waals surface area (Å²) >= 11 is 0. The van der Waals surface area contributed by atoms with Crippen LogP contribution in [0.5, 0.6) is 0 Å². The molecule has 4 heteroatoms. The van der Waals surface area contributed by atoms with E-state index < -0.39 is 0 Å². The molecule has 1 fully saturated rings. The molecule has 1 aromatic rings. The zero-order valence-corrected chi connectivity index (χ0v) is 13.7. The molecule has 2 heterocycles. The van der Waals surface area contributed by atoms with Gasteiger partial charge in [-0.05, 0) is 56.9 Å². The Labute approximate surface area is 128 Å². The van der Waals surface area contributed by atoms with Crippen LogP contribution in [0.3, 0.4) is 0 Å². The first-order valence-corrected chi connectivity index (χ1v) is 8.10. The second-order valence-electron chi connectivity index (χ2n) is 6.41. The van der Waals surface area contributed by atoms with Crippen LogP contribution in [0.4, 0.5) is 0 Å². The summed E-state index contributed by atoms with van der Waals surface area (Å²) in [6.45, 7) is 10.0. The van der Waals surface area contributed by atoms with E-state index in [1.165, 1.54) is 50.2 Å². The van der Waals surface area contributed by atoms with Gasteiger partial charge in [0, 0.05) is 25.8 Å². The SMILES string of the molecule is Cc1c(CNCC(C)CN2CCCCC2)cc(C#N)n1C. The van der Waals surface area contributed by atoms with Gasteiger partial charge in [-0.2, -0.15) is 5.26 Å². The first kappa shape index (κ1) is 16.1. The molecule has 1 aromatic heterocycles. The number of aromatic nitrogens is 1. The fourth-order valence-electron chi connectivity index (χ4n) is 3.15. The summed E-state index contributed by atoms with van der Waals surface area (Å²) in [6, 6.07) is 4.24. The van der Waals surface area contributed by atoms with Gasteiger partial charge in [-0.25, -0.2) is 0 Å². The van der Waals surface area contributed by atoms with E-state index in [0.717, 1.165) is 18.8 Å². The molecule has 1 atom stereocenters. The molecule has 0 saturated carbocycles. The monoisotopic (exact) mass is 288 g/mol. The van der Waals surface area contributed by atoms with Crippen LogP contribution in [-0.4, -0.2) is 35.6 Å².